The smallest absolute Gasteiger partial charge is 0.261 e. The minimum Gasteiger partial charge on any atom is -0.405 e. The van der Waals surface area contributed by atoms with Gasteiger partial charge >= 0.3 is 0 Å². The van der Waals surface area contributed by atoms with E-state index in [-0.39, 0.29) is 23.4 Å². The van der Waals surface area contributed by atoms with E-state index in [9.17, 15) is 0 Å². The lowest BCUT2D eigenvalue weighted by atomic mass is 10.1. The molecule has 2 aromatic carbocycles. The molecule has 0 amide bonds. The Bertz CT molecular complexity index is 1510. The van der Waals surface area contributed by atoms with Crippen molar-refractivity contribution in [1.29, 1.82) is 0 Å². The number of fused-ring (bicyclic) bond motifs is 2. The fourth-order valence-corrected chi connectivity index (χ4v) is 11.8. The van der Waals surface area contributed by atoms with Gasteiger partial charge in [0.2, 0.25) is 5.16 Å². The van der Waals surface area contributed by atoms with Crippen molar-refractivity contribution < 1.29 is 18.6 Å². The molecule has 4 aromatic rings. The molecular formula is C31H38N4O4S2Si. The molecule has 42 heavy (non-hydrogen) atoms. The minimum atomic E-state index is -2.77. The van der Waals surface area contributed by atoms with Crippen LogP contribution in [0.4, 0.5) is 0 Å². The zero-order chi connectivity index (χ0) is 29.7. The first-order valence-electron chi connectivity index (χ1n) is 14.2. The maximum Gasteiger partial charge on any atom is 0.261 e. The number of benzene rings is 2. The molecule has 0 saturated carbocycles. The van der Waals surface area contributed by atoms with Crippen molar-refractivity contribution in [2.45, 2.75) is 80.0 Å². The van der Waals surface area contributed by atoms with E-state index in [4.69, 9.17) is 23.7 Å². The third kappa shape index (κ3) is 5.12. The third-order valence-corrected chi connectivity index (χ3v) is 14.2. The number of thioether (sulfide) groups is 2. The van der Waals surface area contributed by atoms with Gasteiger partial charge in [0, 0.05) is 0 Å². The Hall–Kier alpha value is -2.25. The zero-order valence-electron chi connectivity index (χ0n) is 25.1. The first-order valence-corrected chi connectivity index (χ1v) is 18.5. The summed E-state index contributed by atoms with van der Waals surface area (Å²) >= 11 is 3.05. The SMILES string of the molecule is CSc1nc(SC)c2ncc([C@@H]3O[C@H](CO[Si](c4ccccc4)(c4ccccc4)C(C)(C)C)[C@H]4OC(C)(C)O[C@H]43)n2n1. The van der Waals surface area contributed by atoms with Crippen LogP contribution in [-0.2, 0) is 18.6 Å². The van der Waals surface area contributed by atoms with E-state index in [1.54, 1.807) is 11.8 Å². The lowest BCUT2D eigenvalue weighted by molar-refractivity contribution is -0.191. The second-order valence-electron chi connectivity index (χ2n) is 12.2. The van der Waals surface area contributed by atoms with E-state index in [0.717, 1.165) is 10.7 Å². The van der Waals surface area contributed by atoms with E-state index >= 15 is 0 Å². The zero-order valence-corrected chi connectivity index (χ0v) is 27.7. The van der Waals surface area contributed by atoms with E-state index in [0.29, 0.717) is 17.4 Å². The highest BCUT2D eigenvalue weighted by Crippen LogP contribution is 2.46. The van der Waals surface area contributed by atoms with Crippen LogP contribution in [0.3, 0.4) is 0 Å². The fourth-order valence-electron chi connectivity index (χ4n) is 6.29. The number of nitrogens with zero attached hydrogens (tertiary/aromatic N) is 4. The molecule has 4 heterocycles. The quantitative estimate of drug-likeness (QED) is 0.197. The van der Waals surface area contributed by atoms with Gasteiger partial charge < -0.3 is 18.6 Å². The summed E-state index contributed by atoms with van der Waals surface area (Å²) in [7, 11) is -2.77. The van der Waals surface area contributed by atoms with E-state index < -0.39 is 20.2 Å². The van der Waals surface area contributed by atoms with Crippen molar-refractivity contribution in [3.05, 3.63) is 72.6 Å². The summed E-state index contributed by atoms with van der Waals surface area (Å²) in [6, 6.07) is 21.3. The minimum absolute atomic E-state index is 0.152. The number of hydrogen-bond acceptors (Lipinski definition) is 9. The number of hydrogen-bond donors (Lipinski definition) is 0. The predicted octanol–water partition coefficient (Wildman–Crippen LogP) is 5.10. The van der Waals surface area contributed by atoms with Crippen LogP contribution >= 0.6 is 23.5 Å². The molecule has 222 valence electrons. The second-order valence-corrected chi connectivity index (χ2v) is 18.0. The van der Waals surface area contributed by atoms with Crippen molar-refractivity contribution in [1.82, 2.24) is 19.6 Å². The Morgan fingerprint density at radius 2 is 1.55 bits per heavy atom. The number of ether oxygens (including phenoxy) is 3. The molecule has 0 N–H and O–H groups in total. The lowest BCUT2D eigenvalue weighted by Crippen LogP contribution is -2.67. The Morgan fingerprint density at radius 3 is 2.12 bits per heavy atom. The summed E-state index contributed by atoms with van der Waals surface area (Å²) in [4.78, 5) is 9.33. The number of imidazole rings is 1. The second kappa shape index (κ2) is 11.3. The molecular weight excluding hydrogens is 585 g/mol. The molecule has 2 fully saturated rings. The topological polar surface area (TPSA) is 80.0 Å². The molecule has 2 aliphatic rings. The maximum atomic E-state index is 7.28. The first kappa shape index (κ1) is 29.8. The van der Waals surface area contributed by atoms with Gasteiger partial charge in [-0.1, -0.05) is 93.2 Å². The Labute approximate surface area is 257 Å². The fraction of sp³-hybridized carbons (Fsp3) is 0.452. The highest BCUT2D eigenvalue weighted by molar-refractivity contribution is 7.99. The monoisotopic (exact) mass is 622 g/mol. The average molecular weight is 623 g/mol. The number of rotatable bonds is 8. The Balaban J connectivity index is 1.39. The van der Waals surface area contributed by atoms with Crippen LogP contribution in [0.5, 0.6) is 0 Å². The standard InChI is InChI=1S/C31H38N4O4S2Si/c1-30(2,3)42(20-14-10-8-11-15-20,21-16-12-9-13-17-21)36-19-23-25-26(39-31(4,5)38-25)24(37-23)22-18-32-27-28(40-6)33-29(41-7)34-35(22)27/h8-18,23-26H,19H2,1-7H3/t23-,24+,25-,26+/m1/s1. The summed E-state index contributed by atoms with van der Waals surface area (Å²) in [6.45, 7) is 11.1. The summed E-state index contributed by atoms with van der Waals surface area (Å²) in [5.74, 6) is -0.753. The molecule has 0 spiro atoms. The normalized spacial score (nSPS) is 23.9. The molecule has 0 unspecified atom stereocenters. The van der Waals surface area contributed by atoms with E-state index in [1.807, 2.05) is 37.1 Å². The predicted molar refractivity (Wildman–Crippen MR) is 169 cm³/mol. The Kier molecular flexibility index (Phi) is 8.05. The third-order valence-electron chi connectivity index (χ3n) is 8.04. The molecule has 4 atom stereocenters. The van der Waals surface area contributed by atoms with E-state index in [2.05, 4.69) is 91.4 Å². The van der Waals surface area contributed by atoms with Gasteiger partial charge in [0.05, 0.1) is 18.5 Å². The van der Waals surface area contributed by atoms with Gasteiger partial charge in [0.1, 0.15) is 29.4 Å². The van der Waals surface area contributed by atoms with Gasteiger partial charge in [-0.15, -0.1) is 16.9 Å². The first-order chi connectivity index (χ1) is 20.1. The van der Waals surface area contributed by atoms with Crippen LogP contribution in [-0.4, -0.2) is 71.1 Å². The molecule has 0 radical (unpaired) electrons. The molecule has 2 saturated heterocycles. The molecule has 6 rings (SSSR count). The van der Waals surface area contributed by atoms with Gasteiger partial charge in [0.25, 0.3) is 8.32 Å². The molecule has 0 aliphatic carbocycles. The van der Waals surface area contributed by atoms with Gasteiger partial charge in [-0.05, 0) is 41.8 Å². The molecule has 11 heteroatoms. The van der Waals surface area contributed by atoms with Crippen molar-refractivity contribution in [3.8, 4) is 0 Å². The van der Waals surface area contributed by atoms with Crippen LogP contribution in [0.2, 0.25) is 5.04 Å². The highest BCUT2D eigenvalue weighted by Gasteiger charge is 2.58. The lowest BCUT2D eigenvalue weighted by Gasteiger charge is -2.43. The van der Waals surface area contributed by atoms with Crippen molar-refractivity contribution >= 4 is 47.9 Å². The maximum absolute atomic E-state index is 7.28. The molecule has 2 aliphatic heterocycles. The summed E-state index contributed by atoms with van der Waals surface area (Å²) in [6.07, 6.45) is 4.37. The average Bonchev–Trinajstić information content (AvgIpc) is 3.64. The summed E-state index contributed by atoms with van der Waals surface area (Å²) in [5, 5.41) is 8.58. The van der Waals surface area contributed by atoms with Crippen LogP contribution in [0.15, 0.2) is 77.0 Å². The van der Waals surface area contributed by atoms with Gasteiger partial charge in [0.15, 0.2) is 11.4 Å². The molecule has 8 nitrogen and oxygen atoms in total. The summed E-state index contributed by atoms with van der Waals surface area (Å²) < 4.78 is 28.9. The largest absolute Gasteiger partial charge is 0.405 e. The van der Waals surface area contributed by atoms with Crippen LogP contribution in [0.25, 0.3) is 5.65 Å². The van der Waals surface area contributed by atoms with Gasteiger partial charge in [-0.25, -0.2) is 14.5 Å². The van der Waals surface area contributed by atoms with Crippen molar-refractivity contribution in [2.24, 2.45) is 0 Å². The Morgan fingerprint density at radius 1 is 0.929 bits per heavy atom. The van der Waals surface area contributed by atoms with Crippen molar-refractivity contribution in [2.75, 3.05) is 19.1 Å². The van der Waals surface area contributed by atoms with Gasteiger partial charge in [-0.3, -0.25) is 0 Å². The highest BCUT2D eigenvalue weighted by atomic mass is 32.2. The number of aromatic nitrogens is 4. The van der Waals surface area contributed by atoms with Crippen LogP contribution in [0.1, 0.15) is 46.4 Å². The van der Waals surface area contributed by atoms with Crippen LogP contribution in [0, 0.1) is 0 Å². The van der Waals surface area contributed by atoms with Crippen molar-refractivity contribution in [3.63, 3.8) is 0 Å². The van der Waals surface area contributed by atoms with E-state index in [1.165, 1.54) is 22.1 Å². The molecule has 0 bridgehead atoms. The summed E-state index contributed by atoms with van der Waals surface area (Å²) in [5.41, 5.74) is 1.53. The van der Waals surface area contributed by atoms with Gasteiger partial charge in [-0.2, -0.15) is 0 Å². The van der Waals surface area contributed by atoms with Crippen LogP contribution < -0.4 is 10.4 Å². The molecule has 2 aromatic heterocycles.